The molecule has 2 aromatic rings. The Labute approximate surface area is 150 Å². The Morgan fingerprint density at radius 2 is 1.81 bits per heavy atom. The lowest BCUT2D eigenvalue weighted by Gasteiger charge is -2.20. The monoisotopic (exact) mass is 382 g/mol. The van der Waals surface area contributed by atoms with E-state index in [-0.39, 0.29) is 41.3 Å². The molecule has 0 atom stereocenters. The van der Waals surface area contributed by atoms with E-state index in [0.717, 1.165) is 6.33 Å². The SMILES string of the molecule is N#CCN(CC#N)c1ncnc(Nc2ncc(C(F)(F)F)cc2Cl)c1N. The molecule has 12 heteroatoms. The van der Waals surface area contributed by atoms with Gasteiger partial charge in [-0.2, -0.15) is 23.7 Å². The Hall–Kier alpha value is -3.31. The van der Waals surface area contributed by atoms with Crippen molar-refractivity contribution in [2.75, 3.05) is 29.0 Å². The predicted molar refractivity (Wildman–Crippen MR) is 87.4 cm³/mol. The van der Waals surface area contributed by atoms with Crippen molar-refractivity contribution in [2.45, 2.75) is 6.18 Å². The molecule has 26 heavy (non-hydrogen) atoms. The van der Waals surface area contributed by atoms with Crippen LogP contribution in [0.2, 0.25) is 5.02 Å². The molecule has 134 valence electrons. The van der Waals surface area contributed by atoms with E-state index in [2.05, 4.69) is 20.3 Å². The molecule has 0 aliphatic rings. The second-order valence-corrected chi connectivity index (χ2v) is 5.22. The highest BCUT2D eigenvalue weighted by molar-refractivity contribution is 6.33. The summed E-state index contributed by atoms with van der Waals surface area (Å²) in [4.78, 5) is 12.8. The van der Waals surface area contributed by atoms with E-state index in [1.807, 2.05) is 12.1 Å². The molecular formula is C14H10ClF3N8. The quantitative estimate of drug-likeness (QED) is 0.755. The van der Waals surface area contributed by atoms with Gasteiger partial charge >= 0.3 is 6.18 Å². The van der Waals surface area contributed by atoms with Gasteiger partial charge < -0.3 is 16.0 Å². The van der Waals surface area contributed by atoms with E-state index in [0.29, 0.717) is 12.3 Å². The van der Waals surface area contributed by atoms with Gasteiger partial charge in [-0.15, -0.1) is 0 Å². The fraction of sp³-hybridized carbons (Fsp3) is 0.214. The molecule has 0 amide bonds. The zero-order valence-corrected chi connectivity index (χ0v) is 13.7. The topological polar surface area (TPSA) is 128 Å². The first-order valence-electron chi connectivity index (χ1n) is 6.87. The van der Waals surface area contributed by atoms with E-state index >= 15 is 0 Å². The van der Waals surface area contributed by atoms with E-state index in [1.54, 1.807) is 0 Å². The summed E-state index contributed by atoms with van der Waals surface area (Å²) in [6.07, 6.45) is -2.84. The summed E-state index contributed by atoms with van der Waals surface area (Å²) in [6.45, 7) is -0.291. The molecule has 0 saturated heterocycles. The number of nitrogen functional groups attached to an aromatic ring is 1. The lowest BCUT2D eigenvalue weighted by atomic mass is 10.2. The highest BCUT2D eigenvalue weighted by Gasteiger charge is 2.31. The van der Waals surface area contributed by atoms with Gasteiger partial charge in [-0.1, -0.05) is 11.6 Å². The smallest absolute Gasteiger partial charge is 0.393 e. The number of halogens is 4. The van der Waals surface area contributed by atoms with Crippen molar-refractivity contribution in [1.82, 2.24) is 15.0 Å². The average molecular weight is 383 g/mol. The zero-order valence-electron chi connectivity index (χ0n) is 12.9. The van der Waals surface area contributed by atoms with Crippen LogP contribution in [0.25, 0.3) is 0 Å². The summed E-state index contributed by atoms with van der Waals surface area (Å²) in [5.41, 5.74) is 4.92. The van der Waals surface area contributed by atoms with E-state index in [1.165, 1.54) is 4.90 Å². The van der Waals surface area contributed by atoms with Crippen LogP contribution in [0, 0.1) is 22.7 Å². The van der Waals surface area contributed by atoms with Crippen molar-refractivity contribution in [1.29, 1.82) is 10.5 Å². The first-order chi connectivity index (χ1) is 12.3. The molecule has 2 aromatic heterocycles. The van der Waals surface area contributed by atoms with Crippen LogP contribution in [-0.2, 0) is 6.18 Å². The minimum Gasteiger partial charge on any atom is -0.393 e. The van der Waals surface area contributed by atoms with Gasteiger partial charge in [0.15, 0.2) is 11.6 Å². The molecule has 8 nitrogen and oxygen atoms in total. The number of pyridine rings is 1. The average Bonchev–Trinajstić information content (AvgIpc) is 2.57. The van der Waals surface area contributed by atoms with Gasteiger partial charge in [0.25, 0.3) is 0 Å². The number of hydrogen-bond acceptors (Lipinski definition) is 8. The highest BCUT2D eigenvalue weighted by Crippen LogP contribution is 2.34. The zero-order chi connectivity index (χ0) is 19.3. The van der Waals surface area contributed by atoms with Gasteiger partial charge in [0, 0.05) is 6.20 Å². The van der Waals surface area contributed by atoms with Crippen molar-refractivity contribution < 1.29 is 13.2 Å². The fourth-order valence-corrected chi connectivity index (χ4v) is 2.12. The molecule has 0 radical (unpaired) electrons. The number of nitriles is 2. The van der Waals surface area contributed by atoms with Gasteiger partial charge in [-0.05, 0) is 6.07 Å². The first kappa shape index (κ1) is 19.0. The maximum Gasteiger partial charge on any atom is 0.417 e. The Morgan fingerprint density at radius 1 is 1.15 bits per heavy atom. The molecule has 0 aromatic carbocycles. The van der Waals surface area contributed by atoms with Crippen molar-refractivity contribution in [3.63, 3.8) is 0 Å². The maximum atomic E-state index is 12.7. The number of alkyl halides is 3. The van der Waals surface area contributed by atoms with Gasteiger partial charge in [-0.25, -0.2) is 15.0 Å². The summed E-state index contributed by atoms with van der Waals surface area (Å²) in [7, 11) is 0. The molecule has 0 fully saturated rings. The molecule has 2 heterocycles. The van der Waals surface area contributed by atoms with Crippen LogP contribution >= 0.6 is 11.6 Å². The van der Waals surface area contributed by atoms with Gasteiger partial charge in [0.1, 0.15) is 30.9 Å². The Morgan fingerprint density at radius 3 is 2.35 bits per heavy atom. The number of hydrogen-bond donors (Lipinski definition) is 2. The maximum absolute atomic E-state index is 12.7. The van der Waals surface area contributed by atoms with E-state index in [9.17, 15) is 13.2 Å². The first-order valence-corrected chi connectivity index (χ1v) is 7.24. The molecule has 0 aliphatic heterocycles. The Kier molecular flexibility index (Phi) is 5.64. The summed E-state index contributed by atoms with van der Waals surface area (Å²) >= 11 is 5.83. The number of anilines is 4. The molecule has 0 aliphatic carbocycles. The molecule has 0 saturated carbocycles. The third kappa shape index (κ3) is 4.20. The Balaban J connectivity index is 2.35. The number of nitrogens with zero attached hydrogens (tertiary/aromatic N) is 6. The molecular weight excluding hydrogens is 373 g/mol. The summed E-state index contributed by atoms with van der Waals surface area (Å²) in [5.74, 6) is 0.0433. The molecule has 0 bridgehead atoms. The second-order valence-electron chi connectivity index (χ2n) is 4.81. The van der Waals surface area contributed by atoms with Crippen LogP contribution < -0.4 is 16.0 Å². The standard InChI is InChI=1S/C14H10ClF3N8/c15-9-5-8(14(16,17)18)6-22-11(9)25-12-10(21)13(24-7-23-12)26(3-1-19)4-2-20/h5-7H,3-4,21H2,(H,22,23,24,25). The largest absolute Gasteiger partial charge is 0.417 e. The van der Waals surface area contributed by atoms with Gasteiger partial charge in [0.05, 0.1) is 22.7 Å². The Bertz CT molecular complexity index is 871. The number of nitrogens with one attached hydrogen (secondary N) is 1. The molecule has 3 N–H and O–H groups in total. The lowest BCUT2D eigenvalue weighted by molar-refractivity contribution is -0.137. The third-order valence-corrected chi connectivity index (χ3v) is 3.38. The number of aromatic nitrogens is 3. The molecule has 0 unspecified atom stereocenters. The minimum atomic E-state index is -4.58. The summed E-state index contributed by atoms with van der Waals surface area (Å²) < 4.78 is 38.0. The van der Waals surface area contributed by atoms with Crippen molar-refractivity contribution in [2.24, 2.45) is 0 Å². The van der Waals surface area contributed by atoms with Crippen LogP contribution in [-0.4, -0.2) is 28.0 Å². The second kappa shape index (κ2) is 7.72. The van der Waals surface area contributed by atoms with Crippen LogP contribution in [0.4, 0.5) is 36.3 Å². The fourth-order valence-electron chi connectivity index (χ4n) is 1.91. The van der Waals surface area contributed by atoms with Gasteiger partial charge in [-0.3, -0.25) is 0 Å². The van der Waals surface area contributed by atoms with Crippen LogP contribution in [0.1, 0.15) is 5.56 Å². The summed E-state index contributed by atoms with van der Waals surface area (Å²) in [5, 5.41) is 20.0. The van der Waals surface area contributed by atoms with Crippen molar-refractivity contribution >= 4 is 34.7 Å². The van der Waals surface area contributed by atoms with Crippen molar-refractivity contribution in [3.8, 4) is 12.1 Å². The molecule has 2 rings (SSSR count). The van der Waals surface area contributed by atoms with Crippen LogP contribution in [0.15, 0.2) is 18.6 Å². The normalized spacial score (nSPS) is 10.7. The lowest BCUT2D eigenvalue weighted by Crippen LogP contribution is -2.26. The van der Waals surface area contributed by atoms with Crippen LogP contribution in [0.3, 0.4) is 0 Å². The minimum absolute atomic E-state index is 0.0178. The number of nitrogens with two attached hydrogens (primary N) is 1. The van der Waals surface area contributed by atoms with Gasteiger partial charge in [0.2, 0.25) is 0 Å². The highest BCUT2D eigenvalue weighted by atomic mass is 35.5. The van der Waals surface area contributed by atoms with Crippen molar-refractivity contribution in [3.05, 3.63) is 29.2 Å². The molecule has 0 spiro atoms. The summed E-state index contributed by atoms with van der Waals surface area (Å²) in [6, 6.07) is 4.47. The van der Waals surface area contributed by atoms with E-state index < -0.39 is 11.7 Å². The van der Waals surface area contributed by atoms with E-state index in [4.69, 9.17) is 27.9 Å². The predicted octanol–water partition coefficient (Wildman–Crippen LogP) is 2.72. The van der Waals surface area contributed by atoms with Crippen LogP contribution in [0.5, 0.6) is 0 Å². The number of rotatable bonds is 5. The third-order valence-electron chi connectivity index (χ3n) is 3.09.